The molecule has 6 nitrogen and oxygen atoms in total. The van der Waals surface area contributed by atoms with Crippen LogP contribution in [0, 0.1) is 29.6 Å². The second-order valence-corrected chi connectivity index (χ2v) is 12.8. The molecule has 3 saturated carbocycles. The largest absolute Gasteiger partial charge is 0.469 e. The molecule has 0 radical (unpaired) electrons. The molecule has 6 atom stereocenters. The van der Waals surface area contributed by atoms with Crippen molar-refractivity contribution >= 4 is 29.5 Å². The van der Waals surface area contributed by atoms with Crippen LogP contribution in [0.3, 0.4) is 0 Å². The molecule has 198 valence electrons. The van der Waals surface area contributed by atoms with Crippen LogP contribution < -0.4 is 4.90 Å². The van der Waals surface area contributed by atoms with E-state index in [0.29, 0.717) is 18.4 Å². The van der Waals surface area contributed by atoms with Crippen molar-refractivity contribution < 1.29 is 14.3 Å². The van der Waals surface area contributed by atoms with Gasteiger partial charge in [-0.2, -0.15) is 0 Å². The third kappa shape index (κ3) is 5.41. The van der Waals surface area contributed by atoms with Crippen molar-refractivity contribution in [1.29, 1.82) is 0 Å². The fourth-order valence-corrected chi connectivity index (χ4v) is 8.57. The molecule has 4 aliphatic rings. The van der Waals surface area contributed by atoms with E-state index >= 15 is 0 Å². The van der Waals surface area contributed by atoms with Gasteiger partial charge in [0.1, 0.15) is 10.8 Å². The second kappa shape index (κ2) is 11.3. The third-order valence-electron chi connectivity index (χ3n) is 9.42. The van der Waals surface area contributed by atoms with Crippen LogP contribution in [0.2, 0.25) is 0 Å². The molecule has 3 aliphatic carbocycles. The molecule has 3 bridgehead atoms. The normalized spacial score (nSPS) is 31.2. The van der Waals surface area contributed by atoms with E-state index in [9.17, 15) is 9.59 Å². The number of anilines is 1. The number of aromatic nitrogens is 1. The fraction of sp³-hybridized carbons (Fsp3) is 0.759. The lowest BCUT2D eigenvalue weighted by molar-refractivity contribution is -0.141. The van der Waals surface area contributed by atoms with Crippen molar-refractivity contribution in [3.8, 4) is 0 Å². The predicted octanol–water partition coefficient (Wildman–Crippen LogP) is 5.65. The molecular formula is C29H43N3O3S. The van der Waals surface area contributed by atoms with Gasteiger partial charge in [-0.3, -0.25) is 9.59 Å². The van der Waals surface area contributed by atoms with E-state index in [0.717, 1.165) is 78.7 Å². The Kier molecular flexibility index (Phi) is 8.14. The standard InChI is InChI=1S/C29H43N3O3S/c1-4-12-36-28-24(8-10-26(30-28)32-11-5-6-19(18-32)16-27(33)35-3)29(34)31(2)25-9-7-21-13-20-14-22(21)17-23(25)15-20/h8,10,19-23,25H,4-7,9,11-18H2,1-3H3/t19-,20?,21?,22?,23?,25+/m0/s1. The van der Waals surface area contributed by atoms with E-state index in [2.05, 4.69) is 16.7 Å². The van der Waals surface area contributed by atoms with E-state index in [1.54, 1.807) is 11.8 Å². The van der Waals surface area contributed by atoms with Crippen LogP contribution in [0.1, 0.15) is 81.5 Å². The number of ether oxygens (including phenoxy) is 1. The Morgan fingerprint density at radius 3 is 2.72 bits per heavy atom. The summed E-state index contributed by atoms with van der Waals surface area (Å²) in [4.78, 5) is 35.1. The molecule has 0 spiro atoms. The number of hydrogen-bond acceptors (Lipinski definition) is 6. The van der Waals surface area contributed by atoms with Gasteiger partial charge in [0.2, 0.25) is 0 Å². The summed E-state index contributed by atoms with van der Waals surface area (Å²) in [6.45, 7) is 3.91. The minimum Gasteiger partial charge on any atom is -0.469 e. The maximum Gasteiger partial charge on any atom is 0.305 e. The van der Waals surface area contributed by atoms with Crippen LogP contribution in [0.15, 0.2) is 17.2 Å². The first-order valence-electron chi connectivity index (χ1n) is 14.2. The Morgan fingerprint density at radius 2 is 1.92 bits per heavy atom. The average Bonchev–Trinajstić information content (AvgIpc) is 3.11. The lowest BCUT2D eigenvalue weighted by Gasteiger charge is -2.38. The number of methoxy groups -OCH3 is 1. The highest BCUT2D eigenvalue weighted by Crippen LogP contribution is 2.54. The molecule has 1 amide bonds. The maximum atomic E-state index is 13.9. The molecule has 36 heavy (non-hydrogen) atoms. The summed E-state index contributed by atoms with van der Waals surface area (Å²) in [5, 5.41) is 0.860. The SMILES string of the molecule is CCCSc1nc(N2CCC[C@@H](CC(=O)OC)C2)ccc1C(=O)N(C)[C@@H]1CCC2CC3CC2CC1C3. The molecule has 7 heteroatoms. The Bertz CT molecular complexity index is 956. The van der Waals surface area contributed by atoms with Gasteiger partial charge in [0.15, 0.2) is 0 Å². The highest BCUT2D eigenvalue weighted by molar-refractivity contribution is 7.99. The molecule has 1 saturated heterocycles. The smallest absolute Gasteiger partial charge is 0.305 e. The number of thioether (sulfide) groups is 1. The van der Waals surface area contributed by atoms with Crippen molar-refractivity contribution in [2.24, 2.45) is 29.6 Å². The van der Waals surface area contributed by atoms with Crippen LogP contribution in [0.5, 0.6) is 0 Å². The van der Waals surface area contributed by atoms with E-state index in [4.69, 9.17) is 9.72 Å². The van der Waals surface area contributed by atoms with Gasteiger partial charge in [0, 0.05) is 32.6 Å². The van der Waals surface area contributed by atoms with Gasteiger partial charge >= 0.3 is 5.97 Å². The fourth-order valence-electron chi connectivity index (χ4n) is 7.71. The number of carbonyl (C=O) groups excluding carboxylic acids is 2. The first-order valence-corrected chi connectivity index (χ1v) is 15.2. The molecule has 0 N–H and O–H groups in total. The zero-order chi connectivity index (χ0) is 25.2. The van der Waals surface area contributed by atoms with Crippen LogP contribution in [-0.2, 0) is 9.53 Å². The zero-order valence-electron chi connectivity index (χ0n) is 22.3. The number of hydrogen-bond donors (Lipinski definition) is 0. The number of pyridine rings is 1. The monoisotopic (exact) mass is 513 g/mol. The van der Waals surface area contributed by atoms with Crippen LogP contribution >= 0.6 is 11.8 Å². The first kappa shape index (κ1) is 25.9. The summed E-state index contributed by atoms with van der Waals surface area (Å²) < 4.78 is 4.89. The Hall–Kier alpha value is -1.76. The number of piperidine rings is 1. The molecule has 4 fully saturated rings. The van der Waals surface area contributed by atoms with Crippen molar-refractivity contribution in [3.05, 3.63) is 17.7 Å². The summed E-state index contributed by atoms with van der Waals surface area (Å²) in [6, 6.07) is 4.40. The van der Waals surface area contributed by atoms with Crippen molar-refractivity contribution in [2.45, 2.75) is 82.2 Å². The predicted molar refractivity (Wildman–Crippen MR) is 144 cm³/mol. The Morgan fingerprint density at radius 1 is 1.11 bits per heavy atom. The Balaban J connectivity index is 1.33. The quantitative estimate of drug-likeness (QED) is 0.331. The van der Waals surface area contributed by atoms with E-state index in [1.807, 2.05) is 19.2 Å². The third-order valence-corrected chi connectivity index (χ3v) is 10.6. The lowest BCUT2D eigenvalue weighted by atomic mass is 9.77. The zero-order valence-corrected chi connectivity index (χ0v) is 23.1. The van der Waals surface area contributed by atoms with Crippen molar-refractivity contribution in [3.63, 3.8) is 0 Å². The van der Waals surface area contributed by atoms with Gasteiger partial charge in [0.25, 0.3) is 5.91 Å². The number of amides is 1. The highest BCUT2D eigenvalue weighted by Gasteiger charge is 2.47. The van der Waals surface area contributed by atoms with Crippen LogP contribution in [-0.4, -0.2) is 60.8 Å². The van der Waals surface area contributed by atoms with Gasteiger partial charge in [0.05, 0.1) is 12.7 Å². The maximum absolute atomic E-state index is 13.9. The number of carbonyl (C=O) groups is 2. The number of rotatable bonds is 8. The second-order valence-electron chi connectivity index (χ2n) is 11.8. The van der Waals surface area contributed by atoms with Gasteiger partial charge < -0.3 is 14.5 Å². The summed E-state index contributed by atoms with van der Waals surface area (Å²) in [6.07, 6.45) is 11.5. The summed E-state index contributed by atoms with van der Waals surface area (Å²) in [5.74, 6) is 5.52. The van der Waals surface area contributed by atoms with Gasteiger partial charge in [-0.25, -0.2) is 4.98 Å². The molecule has 1 aliphatic heterocycles. The molecule has 1 aromatic heterocycles. The van der Waals surface area contributed by atoms with Gasteiger partial charge in [-0.1, -0.05) is 6.92 Å². The average molecular weight is 514 g/mol. The van der Waals surface area contributed by atoms with Crippen molar-refractivity contribution in [1.82, 2.24) is 9.88 Å². The summed E-state index contributed by atoms with van der Waals surface area (Å²) >= 11 is 1.70. The van der Waals surface area contributed by atoms with Crippen LogP contribution in [0.4, 0.5) is 5.82 Å². The molecule has 4 unspecified atom stereocenters. The van der Waals surface area contributed by atoms with Crippen LogP contribution in [0.25, 0.3) is 0 Å². The van der Waals surface area contributed by atoms with E-state index < -0.39 is 0 Å². The molecule has 5 rings (SSSR count). The lowest BCUT2D eigenvalue weighted by Crippen LogP contribution is -2.43. The molecule has 1 aromatic rings. The van der Waals surface area contributed by atoms with E-state index in [1.165, 1.54) is 39.2 Å². The summed E-state index contributed by atoms with van der Waals surface area (Å²) in [5.41, 5.74) is 0.754. The van der Waals surface area contributed by atoms with Crippen molar-refractivity contribution in [2.75, 3.05) is 37.9 Å². The minimum absolute atomic E-state index is 0.137. The molecular weight excluding hydrogens is 470 g/mol. The topological polar surface area (TPSA) is 62.7 Å². The van der Waals surface area contributed by atoms with Gasteiger partial charge in [-0.05, 0) is 105 Å². The molecule has 2 heterocycles. The molecule has 0 aromatic carbocycles. The van der Waals surface area contributed by atoms with Gasteiger partial charge in [-0.15, -0.1) is 11.8 Å². The number of esters is 1. The highest BCUT2D eigenvalue weighted by atomic mass is 32.2. The first-order chi connectivity index (χ1) is 17.5. The minimum atomic E-state index is -0.141. The summed E-state index contributed by atoms with van der Waals surface area (Å²) in [7, 11) is 3.50. The number of fused-ring (bicyclic) bond motifs is 2. The number of nitrogens with zero attached hydrogens (tertiary/aromatic N) is 3. The van der Waals surface area contributed by atoms with E-state index in [-0.39, 0.29) is 17.8 Å². The Labute approximate surface area is 220 Å².